The molecule has 0 spiro atoms. The number of primary amides is 1. The Balaban J connectivity index is 2.58. The minimum Gasteiger partial charge on any atom is -0.480 e. The van der Waals surface area contributed by atoms with Gasteiger partial charge in [-0.2, -0.15) is 0 Å². The molecule has 0 bridgehead atoms. The maximum Gasteiger partial charge on any atom is 0.326 e. The van der Waals surface area contributed by atoms with Crippen molar-refractivity contribution in [3.05, 3.63) is 0 Å². The topological polar surface area (TPSA) is 147 Å². The quantitative estimate of drug-likeness (QED) is 0.533. The van der Waals surface area contributed by atoms with E-state index < -0.39 is 40.2 Å². The van der Waals surface area contributed by atoms with Crippen LogP contribution in [-0.2, 0) is 19.4 Å². The first-order valence-corrected chi connectivity index (χ1v) is 7.30. The van der Waals surface area contributed by atoms with Crippen LogP contribution in [0.3, 0.4) is 0 Å². The summed E-state index contributed by atoms with van der Waals surface area (Å²) in [6.45, 7) is -0.00580. The van der Waals surface area contributed by atoms with Gasteiger partial charge in [-0.15, -0.1) is 0 Å². The zero-order valence-electron chi connectivity index (χ0n) is 10.0. The Labute approximate surface area is 109 Å². The van der Waals surface area contributed by atoms with Gasteiger partial charge in [-0.3, -0.25) is 4.79 Å². The predicted octanol–water partition coefficient (Wildman–Crippen LogP) is -2.24. The summed E-state index contributed by atoms with van der Waals surface area (Å²) in [4.78, 5) is 34.4. The van der Waals surface area contributed by atoms with Crippen LogP contribution >= 0.6 is 0 Å². The molecule has 1 aliphatic rings. The Kier molecular flexibility index (Phi) is 4.70. The number of nitrogens with zero attached hydrogens (tertiary/aromatic N) is 1. The first kappa shape index (κ1) is 15.2. The molecule has 0 saturated carbocycles. The van der Waals surface area contributed by atoms with E-state index in [1.165, 1.54) is 4.90 Å². The van der Waals surface area contributed by atoms with Gasteiger partial charge in [0.1, 0.15) is 6.04 Å². The van der Waals surface area contributed by atoms with Crippen LogP contribution in [0.1, 0.15) is 6.42 Å². The Morgan fingerprint density at radius 3 is 2.21 bits per heavy atom. The Morgan fingerprint density at radius 1 is 1.26 bits per heavy atom. The average molecular weight is 293 g/mol. The SMILES string of the molecule is NC(=O)CC(NC(=O)N1CCS(=O)(=O)CC1)C(=O)O. The van der Waals surface area contributed by atoms with Gasteiger partial charge in [0.2, 0.25) is 5.91 Å². The number of nitrogens with one attached hydrogen (secondary N) is 1. The van der Waals surface area contributed by atoms with Gasteiger partial charge in [-0.05, 0) is 0 Å². The number of carboxylic acid groups (broad SMARTS) is 1. The monoisotopic (exact) mass is 293 g/mol. The minimum absolute atomic E-state index is 0.00290. The third kappa shape index (κ3) is 4.73. The number of nitrogens with two attached hydrogens (primary N) is 1. The largest absolute Gasteiger partial charge is 0.480 e. The van der Waals surface area contributed by atoms with Gasteiger partial charge in [-0.1, -0.05) is 0 Å². The van der Waals surface area contributed by atoms with Crippen LogP contribution in [0.4, 0.5) is 4.79 Å². The van der Waals surface area contributed by atoms with Crippen molar-refractivity contribution in [3.8, 4) is 0 Å². The molecule has 1 saturated heterocycles. The number of rotatable bonds is 4. The van der Waals surface area contributed by atoms with Gasteiger partial charge in [0.25, 0.3) is 0 Å². The van der Waals surface area contributed by atoms with Crippen molar-refractivity contribution in [3.63, 3.8) is 0 Å². The molecule has 3 amide bonds. The molecule has 10 heteroatoms. The highest BCUT2D eigenvalue weighted by molar-refractivity contribution is 7.91. The Morgan fingerprint density at radius 2 is 1.79 bits per heavy atom. The fraction of sp³-hybridized carbons (Fsp3) is 0.667. The summed E-state index contributed by atoms with van der Waals surface area (Å²) in [6, 6.07) is -2.13. The number of amides is 3. The first-order chi connectivity index (χ1) is 8.71. The molecule has 0 aliphatic carbocycles. The van der Waals surface area contributed by atoms with Gasteiger partial charge in [0.15, 0.2) is 9.84 Å². The normalized spacial score (nSPS) is 19.5. The van der Waals surface area contributed by atoms with Crippen molar-refractivity contribution in [2.24, 2.45) is 5.73 Å². The van der Waals surface area contributed by atoms with Crippen molar-refractivity contribution in [2.45, 2.75) is 12.5 Å². The summed E-state index contributed by atoms with van der Waals surface area (Å²) in [7, 11) is -3.13. The highest BCUT2D eigenvalue weighted by Crippen LogP contribution is 2.04. The van der Waals surface area contributed by atoms with Crippen LogP contribution in [0.2, 0.25) is 0 Å². The van der Waals surface area contributed by atoms with Crippen LogP contribution in [0.25, 0.3) is 0 Å². The van der Waals surface area contributed by atoms with Crippen molar-refractivity contribution in [2.75, 3.05) is 24.6 Å². The molecule has 1 atom stereocenters. The van der Waals surface area contributed by atoms with Crippen LogP contribution in [0, 0.1) is 0 Å². The molecule has 0 aromatic heterocycles. The average Bonchev–Trinajstić information content (AvgIpc) is 2.27. The molecule has 0 aromatic carbocycles. The number of carbonyl (C=O) groups is 3. The second-order valence-electron chi connectivity index (χ2n) is 4.15. The minimum atomic E-state index is -3.13. The van der Waals surface area contributed by atoms with E-state index in [1.54, 1.807) is 0 Å². The van der Waals surface area contributed by atoms with Crippen molar-refractivity contribution >= 4 is 27.7 Å². The first-order valence-electron chi connectivity index (χ1n) is 5.48. The third-order valence-corrected chi connectivity index (χ3v) is 4.24. The van der Waals surface area contributed by atoms with E-state index in [9.17, 15) is 22.8 Å². The summed E-state index contributed by atoms with van der Waals surface area (Å²) in [6.07, 6.45) is -0.521. The second kappa shape index (κ2) is 5.87. The van der Waals surface area contributed by atoms with E-state index in [0.717, 1.165) is 0 Å². The number of urea groups is 1. The molecule has 4 N–H and O–H groups in total. The lowest BCUT2D eigenvalue weighted by molar-refractivity contribution is -0.140. The van der Waals surface area contributed by atoms with E-state index in [0.29, 0.717) is 0 Å². The fourth-order valence-electron chi connectivity index (χ4n) is 1.56. The molecule has 0 radical (unpaired) electrons. The van der Waals surface area contributed by atoms with Crippen molar-refractivity contribution in [1.82, 2.24) is 10.2 Å². The van der Waals surface area contributed by atoms with Gasteiger partial charge in [-0.25, -0.2) is 18.0 Å². The summed E-state index contributed by atoms with van der Waals surface area (Å²) in [5.41, 5.74) is 4.87. The van der Waals surface area contributed by atoms with Crippen molar-refractivity contribution in [1.29, 1.82) is 0 Å². The van der Waals surface area contributed by atoms with Gasteiger partial charge < -0.3 is 21.1 Å². The zero-order valence-corrected chi connectivity index (χ0v) is 10.9. The lowest BCUT2D eigenvalue weighted by atomic mass is 10.2. The molecular formula is C9H15N3O6S. The maximum atomic E-state index is 11.7. The van der Waals surface area contributed by atoms with Gasteiger partial charge >= 0.3 is 12.0 Å². The smallest absolute Gasteiger partial charge is 0.326 e. The Bertz CT molecular complexity index is 474. The highest BCUT2D eigenvalue weighted by atomic mass is 32.2. The lowest BCUT2D eigenvalue weighted by Gasteiger charge is -2.28. The lowest BCUT2D eigenvalue weighted by Crippen LogP contribution is -2.53. The van der Waals surface area contributed by atoms with Crippen LogP contribution in [0.15, 0.2) is 0 Å². The van der Waals surface area contributed by atoms with Crippen LogP contribution < -0.4 is 11.1 Å². The van der Waals surface area contributed by atoms with Crippen molar-refractivity contribution < 1.29 is 27.9 Å². The summed E-state index contributed by atoms with van der Waals surface area (Å²) in [5, 5.41) is 11.0. The molecule has 19 heavy (non-hydrogen) atoms. The molecule has 1 rings (SSSR count). The van der Waals surface area contributed by atoms with Crippen LogP contribution in [0.5, 0.6) is 0 Å². The van der Waals surface area contributed by atoms with E-state index >= 15 is 0 Å². The van der Waals surface area contributed by atoms with Gasteiger partial charge in [0.05, 0.1) is 17.9 Å². The number of hydrogen-bond acceptors (Lipinski definition) is 5. The van der Waals surface area contributed by atoms with E-state index in [1.807, 2.05) is 0 Å². The number of carbonyl (C=O) groups excluding carboxylic acids is 2. The number of aliphatic carboxylic acids is 1. The second-order valence-corrected chi connectivity index (χ2v) is 6.45. The standard InChI is InChI=1S/C9H15N3O6S/c10-7(13)5-6(8(14)15)11-9(16)12-1-3-19(17,18)4-2-12/h6H,1-5H2,(H2,10,13)(H,11,16)(H,14,15). The molecule has 9 nitrogen and oxygen atoms in total. The number of sulfone groups is 1. The highest BCUT2D eigenvalue weighted by Gasteiger charge is 2.28. The maximum absolute atomic E-state index is 11.7. The summed E-state index contributed by atoms with van der Waals surface area (Å²) in [5.74, 6) is -2.55. The van der Waals surface area contributed by atoms with Crippen LogP contribution in [-0.4, -0.2) is 67.0 Å². The number of hydrogen-bond donors (Lipinski definition) is 3. The molecule has 1 aliphatic heterocycles. The fourth-order valence-corrected chi connectivity index (χ4v) is 2.76. The molecule has 0 aromatic rings. The molecule has 1 fully saturated rings. The third-order valence-electron chi connectivity index (χ3n) is 2.63. The van der Waals surface area contributed by atoms with Gasteiger partial charge in [0, 0.05) is 13.1 Å². The predicted molar refractivity (Wildman–Crippen MR) is 64.0 cm³/mol. The van der Waals surface area contributed by atoms with E-state index in [-0.39, 0.29) is 24.6 Å². The molecule has 1 unspecified atom stereocenters. The van der Waals surface area contributed by atoms with E-state index in [4.69, 9.17) is 10.8 Å². The molecular weight excluding hydrogens is 278 g/mol. The Hall–Kier alpha value is -1.84. The summed E-state index contributed by atoms with van der Waals surface area (Å²) < 4.78 is 22.4. The molecule has 1 heterocycles. The van der Waals surface area contributed by atoms with E-state index in [2.05, 4.69) is 5.32 Å². The molecule has 108 valence electrons. The zero-order chi connectivity index (χ0) is 14.6. The number of carboxylic acids is 1. The summed E-state index contributed by atoms with van der Waals surface area (Å²) >= 11 is 0.